The highest BCUT2D eigenvalue weighted by molar-refractivity contribution is 5.92. The smallest absolute Gasteiger partial charge is 0.227 e. The molecule has 5 heteroatoms. The fraction of sp³-hybridized carbons (Fsp3) is 0.375. The number of nitrogens with one attached hydrogen (secondary N) is 1. The van der Waals surface area contributed by atoms with Crippen LogP contribution < -0.4 is 5.32 Å². The Morgan fingerprint density at radius 3 is 2.71 bits per heavy atom. The molecular formula is C16H18FN3O. The summed E-state index contributed by atoms with van der Waals surface area (Å²) in [5.41, 5.74) is 1.68. The maximum atomic E-state index is 12.9. The van der Waals surface area contributed by atoms with Gasteiger partial charge in [0.15, 0.2) is 0 Å². The molecule has 0 unspecified atom stereocenters. The second kappa shape index (κ2) is 6.08. The van der Waals surface area contributed by atoms with Crippen LogP contribution in [0.4, 0.5) is 10.1 Å². The molecule has 1 aliphatic rings. The van der Waals surface area contributed by atoms with Gasteiger partial charge in [0.1, 0.15) is 5.82 Å². The van der Waals surface area contributed by atoms with Gasteiger partial charge in [-0.15, -0.1) is 0 Å². The first-order valence-electron chi connectivity index (χ1n) is 7.28. The summed E-state index contributed by atoms with van der Waals surface area (Å²) in [6.45, 7) is 0.555. The van der Waals surface area contributed by atoms with E-state index in [1.54, 1.807) is 29.2 Å². The van der Waals surface area contributed by atoms with Crippen molar-refractivity contribution in [1.82, 2.24) is 9.78 Å². The van der Waals surface area contributed by atoms with E-state index in [-0.39, 0.29) is 17.6 Å². The summed E-state index contributed by atoms with van der Waals surface area (Å²) < 4.78 is 14.6. The maximum Gasteiger partial charge on any atom is 0.227 e. The summed E-state index contributed by atoms with van der Waals surface area (Å²) in [6, 6.07) is 6.32. The lowest BCUT2D eigenvalue weighted by molar-refractivity contribution is -0.119. The van der Waals surface area contributed by atoms with Crippen LogP contribution in [0, 0.1) is 11.7 Å². The zero-order valence-corrected chi connectivity index (χ0v) is 11.8. The first-order valence-corrected chi connectivity index (χ1v) is 7.28. The van der Waals surface area contributed by atoms with Gasteiger partial charge in [-0.2, -0.15) is 5.10 Å². The summed E-state index contributed by atoms with van der Waals surface area (Å²) in [7, 11) is 0. The predicted molar refractivity (Wildman–Crippen MR) is 78.3 cm³/mol. The molecule has 0 radical (unpaired) electrons. The molecule has 2 aromatic rings. The third kappa shape index (κ3) is 3.48. The Bertz CT molecular complexity index is 615. The van der Waals surface area contributed by atoms with E-state index in [1.165, 1.54) is 12.1 Å². The Morgan fingerprint density at radius 2 is 2.00 bits per heavy atom. The molecule has 3 rings (SSSR count). The van der Waals surface area contributed by atoms with Crippen molar-refractivity contribution < 1.29 is 9.18 Å². The Kier molecular flexibility index (Phi) is 3.99. The standard InChI is InChI=1S/C16H18FN3O/c17-14-7-5-12(6-8-14)10-20-11-15(9-18-20)19-16(21)13-3-1-2-4-13/h5-9,11,13H,1-4,10H2,(H,19,21). The molecule has 1 aromatic carbocycles. The molecule has 0 aliphatic heterocycles. The molecule has 1 amide bonds. The minimum absolute atomic E-state index is 0.0915. The molecule has 1 fully saturated rings. The largest absolute Gasteiger partial charge is 0.323 e. The van der Waals surface area contributed by atoms with Gasteiger partial charge >= 0.3 is 0 Å². The minimum Gasteiger partial charge on any atom is -0.323 e. The molecule has 0 atom stereocenters. The van der Waals surface area contributed by atoms with Crippen molar-refractivity contribution in [3.63, 3.8) is 0 Å². The van der Waals surface area contributed by atoms with E-state index < -0.39 is 0 Å². The number of amides is 1. The number of carbonyl (C=O) groups is 1. The van der Waals surface area contributed by atoms with E-state index >= 15 is 0 Å². The number of anilines is 1. The highest BCUT2D eigenvalue weighted by Crippen LogP contribution is 2.25. The highest BCUT2D eigenvalue weighted by atomic mass is 19.1. The van der Waals surface area contributed by atoms with Gasteiger partial charge in [0.25, 0.3) is 0 Å². The number of carbonyl (C=O) groups excluding carboxylic acids is 1. The van der Waals surface area contributed by atoms with E-state index in [9.17, 15) is 9.18 Å². The number of rotatable bonds is 4. The summed E-state index contributed by atoms with van der Waals surface area (Å²) in [5.74, 6) is -0.0111. The minimum atomic E-state index is -0.247. The molecule has 0 bridgehead atoms. The van der Waals surface area contributed by atoms with Crippen molar-refractivity contribution in [3.8, 4) is 0 Å². The number of aromatic nitrogens is 2. The van der Waals surface area contributed by atoms with Crippen molar-refractivity contribution in [2.75, 3.05) is 5.32 Å². The summed E-state index contributed by atoms with van der Waals surface area (Å²) in [4.78, 5) is 12.0. The van der Waals surface area contributed by atoms with Crippen LogP contribution in [-0.4, -0.2) is 15.7 Å². The topological polar surface area (TPSA) is 46.9 Å². The summed E-state index contributed by atoms with van der Waals surface area (Å²) >= 11 is 0. The van der Waals surface area contributed by atoms with Crippen LogP contribution in [0.15, 0.2) is 36.7 Å². The fourth-order valence-corrected chi connectivity index (χ4v) is 2.72. The van der Waals surface area contributed by atoms with Crippen molar-refractivity contribution in [2.45, 2.75) is 32.2 Å². The Balaban J connectivity index is 1.60. The van der Waals surface area contributed by atoms with Crippen LogP contribution in [0.2, 0.25) is 0 Å². The van der Waals surface area contributed by atoms with Gasteiger partial charge in [-0.25, -0.2) is 4.39 Å². The zero-order valence-electron chi connectivity index (χ0n) is 11.8. The van der Waals surface area contributed by atoms with E-state index in [4.69, 9.17) is 0 Å². The number of halogens is 1. The van der Waals surface area contributed by atoms with Gasteiger partial charge in [-0.3, -0.25) is 9.48 Å². The van der Waals surface area contributed by atoms with Gasteiger partial charge in [0.2, 0.25) is 5.91 Å². The predicted octanol–water partition coefficient (Wildman–Crippen LogP) is 3.20. The lowest BCUT2D eigenvalue weighted by Crippen LogP contribution is -2.19. The number of hydrogen-bond acceptors (Lipinski definition) is 2. The normalized spacial score (nSPS) is 15.3. The van der Waals surface area contributed by atoms with Gasteiger partial charge in [-0.1, -0.05) is 25.0 Å². The third-order valence-electron chi connectivity index (χ3n) is 3.88. The Morgan fingerprint density at radius 1 is 1.29 bits per heavy atom. The van der Waals surface area contributed by atoms with Crippen LogP contribution in [0.25, 0.3) is 0 Å². The second-order valence-corrected chi connectivity index (χ2v) is 5.52. The molecule has 1 N–H and O–H groups in total. The molecule has 1 aliphatic carbocycles. The SMILES string of the molecule is O=C(Nc1cnn(Cc2ccc(F)cc2)c1)C1CCCC1. The lowest BCUT2D eigenvalue weighted by Gasteiger charge is -2.08. The van der Waals surface area contributed by atoms with Crippen LogP contribution in [0.5, 0.6) is 0 Å². The van der Waals surface area contributed by atoms with Crippen LogP contribution in [-0.2, 0) is 11.3 Å². The zero-order chi connectivity index (χ0) is 14.7. The van der Waals surface area contributed by atoms with Gasteiger partial charge < -0.3 is 5.32 Å². The fourth-order valence-electron chi connectivity index (χ4n) is 2.72. The first kappa shape index (κ1) is 13.8. The first-order chi connectivity index (χ1) is 10.2. The molecular weight excluding hydrogens is 269 g/mol. The summed E-state index contributed by atoms with van der Waals surface area (Å²) in [5, 5.41) is 7.14. The average molecular weight is 287 g/mol. The quantitative estimate of drug-likeness (QED) is 0.938. The van der Waals surface area contributed by atoms with Crippen molar-refractivity contribution in [3.05, 3.63) is 48.0 Å². The van der Waals surface area contributed by atoms with E-state index in [0.717, 1.165) is 31.2 Å². The molecule has 1 saturated carbocycles. The van der Waals surface area contributed by atoms with E-state index in [2.05, 4.69) is 10.4 Å². The van der Waals surface area contributed by atoms with E-state index in [1.807, 2.05) is 0 Å². The van der Waals surface area contributed by atoms with E-state index in [0.29, 0.717) is 12.2 Å². The molecule has 110 valence electrons. The van der Waals surface area contributed by atoms with Gasteiger partial charge in [0.05, 0.1) is 18.4 Å². The van der Waals surface area contributed by atoms with Crippen LogP contribution >= 0.6 is 0 Å². The van der Waals surface area contributed by atoms with Crippen molar-refractivity contribution >= 4 is 11.6 Å². The molecule has 1 aromatic heterocycles. The summed E-state index contributed by atoms with van der Waals surface area (Å²) in [6.07, 6.45) is 7.70. The monoisotopic (exact) mass is 287 g/mol. The maximum absolute atomic E-state index is 12.9. The molecule has 4 nitrogen and oxygen atoms in total. The van der Waals surface area contributed by atoms with Crippen LogP contribution in [0.1, 0.15) is 31.2 Å². The Labute approximate surface area is 123 Å². The number of benzene rings is 1. The third-order valence-corrected chi connectivity index (χ3v) is 3.88. The average Bonchev–Trinajstić information content (AvgIpc) is 3.13. The number of nitrogens with zero attached hydrogens (tertiary/aromatic N) is 2. The van der Waals surface area contributed by atoms with Crippen LogP contribution in [0.3, 0.4) is 0 Å². The van der Waals surface area contributed by atoms with Crippen molar-refractivity contribution in [1.29, 1.82) is 0 Å². The molecule has 21 heavy (non-hydrogen) atoms. The second-order valence-electron chi connectivity index (χ2n) is 5.52. The van der Waals surface area contributed by atoms with Gasteiger partial charge in [-0.05, 0) is 30.5 Å². The molecule has 0 spiro atoms. The highest BCUT2D eigenvalue weighted by Gasteiger charge is 2.22. The lowest BCUT2D eigenvalue weighted by atomic mass is 10.1. The van der Waals surface area contributed by atoms with Gasteiger partial charge in [0, 0.05) is 12.1 Å². The molecule has 0 saturated heterocycles. The Hall–Kier alpha value is -2.17. The molecule has 1 heterocycles. The van der Waals surface area contributed by atoms with Crippen molar-refractivity contribution in [2.24, 2.45) is 5.92 Å². The number of hydrogen-bond donors (Lipinski definition) is 1.